The van der Waals surface area contributed by atoms with Gasteiger partial charge in [-0.2, -0.15) is 0 Å². The molecule has 0 aromatic carbocycles. The zero-order valence-corrected chi connectivity index (χ0v) is 14.5. The Labute approximate surface area is 139 Å². The van der Waals surface area contributed by atoms with E-state index < -0.39 is 11.7 Å². The summed E-state index contributed by atoms with van der Waals surface area (Å²) in [6, 6.07) is 1.81. The highest BCUT2D eigenvalue weighted by molar-refractivity contribution is 7.12. The highest BCUT2D eigenvalue weighted by Gasteiger charge is 2.30. The third-order valence-corrected chi connectivity index (χ3v) is 4.04. The van der Waals surface area contributed by atoms with E-state index in [9.17, 15) is 9.59 Å². The molecule has 0 spiro atoms. The maximum absolute atomic E-state index is 12.0. The third kappa shape index (κ3) is 4.69. The molecule has 2 N–H and O–H groups in total. The summed E-state index contributed by atoms with van der Waals surface area (Å²) in [6.45, 7) is 5.15. The first-order valence-electron chi connectivity index (χ1n) is 7.24. The van der Waals surface area contributed by atoms with E-state index in [0.29, 0.717) is 6.42 Å². The van der Waals surface area contributed by atoms with Crippen molar-refractivity contribution in [1.82, 2.24) is 10.6 Å². The zero-order valence-electron chi connectivity index (χ0n) is 13.6. The van der Waals surface area contributed by atoms with Gasteiger partial charge in [0.1, 0.15) is 19.3 Å². The van der Waals surface area contributed by atoms with Crippen molar-refractivity contribution in [2.24, 2.45) is 5.16 Å². The molecule has 0 saturated heterocycles. The van der Waals surface area contributed by atoms with E-state index in [4.69, 9.17) is 9.57 Å². The molecule has 0 fully saturated rings. The highest BCUT2D eigenvalue weighted by Crippen LogP contribution is 2.35. The predicted octanol–water partition coefficient (Wildman–Crippen LogP) is 2.18. The first kappa shape index (κ1) is 17.3. The molecule has 0 aliphatic heterocycles. The lowest BCUT2D eigenvalue weighted by Crippen LogP contribution is -2.40. The molecule has 1 aromatic heterocycles. The largest absolute Gasteiger partial charge is 0.444 e. The van der Waals surface area contributed by atoms with Crippen LogP contribution in [0.5, 0.6) is 0 Å². The van der Waals surface area contributed by atoms with E-state index >= 15 is 0 Å². The topological polar surface area (TPSA) is 89.0 Å². The van der Waals surface area contributed by atoms with Crippen LogP contribution in [0.1, 0.15) is 43.7 Å². The van der Waals surface area contributed by atoms with Gasteiger partial charge in [-0.1, -0.05) is 5.16 Å². The van der Waals surface area contributed by atoms with Gasteiger partial charge in [0.05, 0.1) is 16.6 Å². The summed E-state index contributed by atoms with van der Waals surface area (Å²) in [5.74, 6) is -0.281. The van der Waals surface area contributed by atoms with Crippen molar-refractivity contribution < 1.29 is 19.2 Å². The van der Waals surface area contributed by atoms with Crippen LogP contribution < -0.4 is 10.6 Å². The lowest BCUT2D eigenvalue weighted by atomic mass is 10.2. The Hall–Kier alpha value is -2.09. The van der Waals surface area contributed by atoms with Gasteiger partial charge in [0.25, 0.3) is 0 Å². The van der Waals surface area contributed by atoms with Gasteiger partial charge in [-0.05, 0) is 37.8 Å². The highest BCUT2D eigenvalue weighted by atomic mass is 32.1. The number of ether oxygens (including phenoxy) is 1. The van der Waals surface area contributed by atoms with Gasteiger partial charge in [-0.25, -0.2) is 4.79 Å². The molecule has 0 saturated carbocycles. The maximum atomic E-state index is 12.0. The number of nitrogens with one attached hydrogen (secondary N) is 2. The van der Waals surface area contributed by atoms with Crippen molar-refractivity contribution >= 4 is 29.0 Å². The number of hydrogen-bond acceptors (Lipinski definition) is 6. The van der Waals surface area contributed by atoms with Crippen molar-refractivity contribution in [3.05, 3.63) is 21.9 Å². The lowest BCUT2D eigenvalue weighted by Gasteiger charge is -2.20. The van der Waals surface area contributed by atoms with E-state index in [-0.39, 0.29) is 18.5 Å². The summed E-state index contributed by atoms with van der Waals surface area (Å²) >= 11 is 1.56. The Morgan fingerprint density at radius 2 is 2.17 bits per heavy atom. The minimum atomic E-state index is -0.614. The molecule has 8 heteroatoms. The minimum Gasteiger partial charge on any atom is -0.444 e. The van der Waals surface area contributed by atoms with Gasteiger partial charge in [-0.3, -0.25) is 4.79 Å². The van der Waals surface area contributed by atoms with Crippen LogP contribution in [0.3, 0.4) is 0 Å². The second-order valence-corrected chi connectivity index (χ2v) is 7.02. The molecule has 126 valence electrons. The summed E-state index contributed by atoms with van der Waals surface area (Å²) < 4.78 is 5.09. The fourth-order valence-corrected chi connectivity index (χ4v) is 3.21. The number of oxime groups is 1. The van der Waals surface area contributed by atoms with Crippen molar-refractivity contribution in [2.45, 2.75) is 38.8 Å². The average Bonchev–Trinajstić information content (AvgIpc) is 3.00. The van der Waals surface area contributed by atoms with Gasteiger partial charge in [0.15, 0.2) is 0 Å². The van der Waals surface area contributed by atoms with Gasteiger partial charge >= 0.3 is 6.09 Å². The molecule has 1 aliphatic carbocycles. The number of hydrogen-bond donors (Lipinski definition) is 2. The molecule has 1 atom stereocenters. The molecular weight excluding hydrogens is 318 g/mol. The quantitative estimate of drug-likeness (QED) is 0.823. The number of thiophene rings is 1. The second kappa shape index (κ2) is 6.99. The molecule has 1 aromatic rings. The van der Waals surface area contributed by atoms with E-state index in [0.717, 1.165) is 16.2 Å². The molecule has 23 heavy (non-hydrogen) atoms. The Bertz CT molecular complexity index is 618. The zero-order chi connectivity index (χ0) is 17.0. The van der Waals surface area contributed by atoms with Crippen molar-refractivity contribution in [2.75, 3.05) is 13.7 Å². The van der Waals surface area contributed by atoms with Gasteiger partial charge in [0, 0.05) is 6.42 Å². The van der Waals surface area contributed by atoms with E-state index in [2.05, 4.69) is 15.8 Å². The minimum absolute atomic E-state index is 0.137. The van der Waals surface area contributed by atoms with Crippen LogP contribution in [-0.4, -0.2) is 37.0 Å². The van der Waals surface area contributed by atoms with Crippen LogP contribution in [0.2, 0.25) is 0 Å². The first-order valence-corrected chi connectivity index (χ1v) is 8.12. The summed E-state index contributed by atoms with van der Waals surface area (Å²) in [5, 5.41) is 11.3. The molecule has 1 heterocycles. The fraction of sp³-hybridized carbons (Fsp3) is 0.533. The van der Waals surface area contributed by atoms with Gasteiger partial charge in [0.2, 0.25) is 5.91 Å². The van der Waals surface area contributed by atoms with Crippen LogP contribution in [0.15, 0.2) is 16.6 Å². The van der Waals surface area contributed by atoms with E-state index in [1.807, 2.05) is 11.4 Å². The molecular formula is C15H21N3O4S. The molecule has 2 rings (SSSR count). The Morgan fingerprint density at radius 1 is 1.43 bits per heavy atom. The Kier molecular flexibility index (Phi) is 5.25. The first-order chi connectivity index (χ1) is 10.8. The second-order valence-electron chi connectivity index (χ2n) is 6.11. The normalized spacial score (nSPS) is 18.4. The molecule has 0 radical (unpaired) electrons. The van der Waals surface area contributed by atoms with Crippen LogP contribution in [0.25, 0.3) is 0 Å². The third-order valence-electron chi connectivity index (χ3n) is 3.06. The summed E-state index contributed by atoms with van der Waals surface area (Å²) in [7, 11) is 1.50. The number of carbonyl (C=O) groups excluding carboxylic acids is 2. The average molecular weight is 339 g/mol. The van der Waals surface area contributed by atoms with Crippen molar-refractivity contribution in [1.29, 1.82) is 0 Å². The number of rotatable bonds is 4. The van der Waals surface area contributed by atoms with E-state index in [1.54, 1.807) is 32.1 Å². The van der Waals surface area contributed by atoms with Gasteiger partial charge < -0.3 is 20.2 Å². The number of carbonyl (C=O) groups is 2. The predicted molar refractivity (Wildman–Crippen MR) is 87.6 cm³/mol. The smallest absolute Gasteiger partial charge is 0.408 e. The maximum Gasteiger partial charge on any atom is 0.408 e. The number of nitrogens with zero attached hydrogens (tertiary/aromatic N) is 1. The summed E-state index contributed by atoms with van der Waals surface area (Å²) in [4.78, 5) is 29.4. The molecule has 1 aliphatic rings. The van der Waals surface area contributed by atoms with Crippen LogP contribution in [0.4, 0.5) is 4.79 Å². The van der Waals surface area contributed by atoms with Crippen molar-refractivity contribution in [3.63, 3.8) is 0 Å². The number of alkyl carbamates (subject to hydrolysis) is 1. The van der Waals surface area contributed by atoms with E-state index in [1.165, 1.54) is 7.11 Å². The summed E-state index contributed by atoms with van der Waals surface area (Å²) in [6.07, 6.45) is -0.0365. The standard InChI is InChI=1S/C15H21N3O4S/c1-15(2,3)22-14(20)16-8-12(19)17-10-7-11(18-21-4)13-9(10)5-6-23-13/h5-6,10H,7-8H2,1-4H3,(H,16,20)(H,17,19)/b18-11+/t10-/m0/s1. The molecule has 7 nitrogen and oxygen atoms in total. The Morgan fingerprint density at radius 3 is 2.83 bits per heavy atom. The van der Waals surface area contributed by atoms with Crippen LogP contribution in [-0.2, 0) is 14.4 Å². The monoisotopic (exact) mass is 339 g/mol. The lowest BCUT2D eigenvalue weighted by molar-refractivity contribution is -0.121. The Balaban J connectivity index is 1.87. The molecule has 0 bridgehead atoms. The SMILES string of the molecule is CO/N=C1\C[C@H](NC(=O)CNC(=O)OC(C)(C)C)c2ccsc21. The summed E-state index contributed by atoms with van der Waals surface area (Å²) in [5.41, 5.74) is 1.25. The number of fused-ring (bicyclic) bond motifs is 1. The van der Waals surface area contributed by atoms with Crippen molar-refractivity contribution in [3.8, 4) is 0 Å². The fourth-order valence-electron chi connectivity index (χ4n) is 2.25. The number of amides is 2. The van der Waals surface area contributed by atoms with Crippen LogP contribution in [0, 0.1) is 0 Å². The molecule has 0 unspecified atom stereocenters. The van der Waals surface area contributed by atoms with Crippen LogP contribution >= 0.6 is 11.3 Å². The molecule has 2 amide bonds. The van der Waals surface area contributed by atoms with Gasteiger partial charge in [-0.15, -0.1) is 11.3 Å².